The average Bonchev–Trinajstić information content (AvgIpc) is 2.24. The third-order valence-corrected chi connectivity index (χ3v) is 2.90. The van der Waals surface area contributed by atoms with Crippen LogP contribution in [0.3, 0.4) is 0 Å². The monoisotopic (exact) mass is 290 g/mol. The quantitative estimate of drug-likeness (QED) is 0.866. The van der Waals surface area contributed by atoms with Gasteiger partial charge in [-0.05, 0) is 17.5 Å². The molecule has 0 heterocycles. The van der Waals surface area contributed by atoms with Crippen LogP contribution in [0.25, 0.3) is 0 Å². The molecule has 0 saturated carbocycles. The van der Waals surface area contributed by atoms with E-state index in [1.54, 1.807) is 0 Å². The summed E-state index contributed by atoms with van der Waals surface area (Å²) in [4.78, 5) is 10.7. The summed E-state index contributed by atoms with van der Waals surface area (Å²) in [6.07, 6.45) is -1.17. The van der Waals surface area contributed by atoms with Gasteiger partial charge in [-0.2, -0.15) is 0 Å². The van der Waals surface area contributed by atoms with E-state index >= 15 is 0 Å². The maximum absolute atomic E-state index is 14.1. The average molecular weight is 290 g/mol. The van der Waals surface area contributed by atoms with Crippen molar-refractivity contribution in [3.05, 3.63) is 29.6 Å². The predicted octanol–water partition coefficient (Wildman–Crippen LogP) is 3.82. The third-order valence-electron chi connectivity index (χ3n) is 2.90. The summed E-state index contributed by atoms with van der Waals surface area (Å²) in [5, 5.41) is 8.70. The van der Waals surface area contributed by atoms with Gasteiger partial charge in [0.2, 0.25) is 0 Å². The maximum atomic E-state index is 14.1. The fraction of sp³-hybridized carbons (Fsp3) is 0.500. The van der Waals surface area contributed by atoms with Crippen molar-refractivity contribution in [3.63, 3.8) is 0 Å². The summed E-state index contributed by atoms with van der Waals surface area (Å²) in [6, 6.07) is 3.09. The van der Waals surface area contributed by atoms with Crippen molar-refractivity contribution in [1.29, 1.82) is 0 Å². The molecule has 0 fully saturated rings. The molecule has 1 aromatic carbocycles. The lowest BCUT2D eigenvalue weighted by Crippen LogP contribution is -2.27. The first-order chi connectivity index (χ1) is 9.07. The molecule has 1 N–H and O–H groups in total. The standard InChI is InChI=1S/C14H17F3O3/c1-13(2,7-12(18)19)8-14(16,17)10-5-4-9(20-3)6-11(10)15/h4-6H,7-8H2,1-3H3,(H,18,19). The first kappa shape index (κ1) is 16.3. The number of aliphatic carboxylic acids is 1. The predicted molar refractivity (Wildman–Crippen MR) is 67.5 cm³/mol. The Morgan fingerprint density at radius 1 is 1.35 bits per heavy atom. The van der Waals surface area contributed by atoms with Crippen LogP contribution in [0.4, 0.5) is 13.2 Å². The van der Waals surface area contributed by atoms with Crippen LogP contribution in [-0.2, 0) is 10.7 Å². The fourth-order valence-electron chi connectivity index (χ4n) is 2.09. The Bertz CT molecular complexity index is 498. The minimum absolute atomic E-state index is 0.145. The van der Waals surface area contributed by atoms with Gasteiger partial charge in [0.15, 0.2) is 0 Å². The Hall–Kier alpha value is -1.72. The van der Waals surface area contributed by atoms with Gasteiger partial charge in [0, 0.05) is 12.5 Å². The molecule has 112 valence electrons. The Kier molecular flexibility index (Phi) is 4.68. The number of alkyl halides is 2. The Morgan fingerprint density at radius 3 is 2.40 bits per heavy atom. The Labute approximate surface area is 115 Å². The van der Waals surface area contributed by atoms with Gasteiger partial charge in [0.05, 0.1) is 19.1 Å². The molecule has 1 aromatic rings. The smallest absolute Gasteiger partial charge is 0.303 e. The molecule has 0 saturated heterocycles. The number of rotatable bonds is 6. The van der Waals surface area contributed by atoms with Crippen molar-refractivity contribution in [3.8, 4) is 5.75 Å². The van der Waals surface area contributed by atoms with Gasteiger partial charge in [0.1, 0.15) is 11.6 Å². The van der Waals surface area contributed by atoms with Gasteiger partial charge in [-0.1, -0.05) is 13.8 Å². The minimum Gasteiger partial charge on any atom is -0.497 e. The molecular formula is C14H17F3O3. The van der Waals surface area contributed by atoms with Crippen molar-refractivity contribution in [1.82, 2.24) is 0 Å². The molecule has 0 aliphatic carbocycles. The molecule has 3 nitrogen and oxygen atoms in total. The first-order valence-electron chi connectivity index (χ1n) is 6.01. The number of carboxylic acid groups (broad SMARTS) is 1. The van der Waals surface area contributed by atoms with E-state index in [0.717, 1.165) is 12.1 Å². The lowest BCUT2D eigenvalue weighted by Gasteiger charge is -2.28. The van der Waals surface area contributed by atoms with Crippen LogP contribution in [0.1, 0.15) is 32.3 Å². The second kappa shape index (κ2) is 5.73. The van der Waals surface area contributed by atoms with Crippen molar-refractivity contribution in [2.75, 3.05) is 7.11 Å². The number of methoxy groups -OCH3 is 1. The molecule has 1 rings (SSSR count). The van der Waals surface area contributed by atoms with Crippen LogP contribution >= 0.6 is 0 Å². The second-order valence-electron chi connectivity index (χ2n) is 5.46. The number of halogens is 3. The highest BCUT2D eigenvalue weighted by Gasteiger charge is 2.41. The molecule has 0 aromatic heterocycles. The van der Waals surface area contributed by atoms with Crippen LogP contribution in [0.5, 0.6) is 5.75 Å². The normalized spacial score (nSPS) is 12.3. The van der Waals surface area contributed by atoms with E-state index < -0.39 is 41.5 Å². The summed E-state index contributed by atoms with van der Waals surface area (Å²) in [7, 11) is 1.31. The van der Waals surface area contributed by atoms with Gasteiger partial charge in [-0.3, -0.25) is 4.79 Å². The summed E-state index contributed by atoms with van der Waals surface area (Å²) in [5.41, 5.74) is -1.90. The van der Waals surface area contributed by atoms with Crippen LogP contribution in [0, 0.1) is 11.2 Å². The minimum atomic E-state index is -3.45. The number of hydrogen-bond donors (Lipinski definition) is 1. The summed E-state index contributed by atoms with van der Waals surface area (Å²) < 4.78 is 46.7. The van der Waals surface area contributed by atoms with Crippen LogP contribution < -0.4 is 4.74 Å². The topological polar surface area (TPSA) is 46.5 Å². The lowest BCUT2D eigenvalue weighted by molar-refractivity contribution is -0.140. The highest BCUT2D eigenvalue weighted by molar-refractivity contribution is 5.67. The van der Waals surface area contributed by atoms with Crippen molar-refractivity contribution < 1.29 is 27.8 Å². The third kappa shape index (κ3) is 4.15. The van der Waals surface area contributed by atoms with Gasteiger partial charge in [-0.15, -0.1) is 0 Å². The van der Waals surface area contributed by atoms with Gasteiger partial charge in [-0.25, -0.2) is 13.2 Å². The Balaban J connectivity index is 3.01. The molecule has 0 aliphatic heterocycles. The molecule has 0 spiro atoms. The van der Waals surface area contributed by atoms with Gasteiger partial charge in [0.25, 0.3) is 5.92 Å². The van der Waals surface area contributed by atoms with E-state index in [2.05, 4.69) is 0 Å². The van der Waals surface area contributed by atoms with Gasteiger partial charge >= 0.3 is 5.97 Å². The summed E-state index contributed by atoms with van der Waals surface area (Å²) in [5.74, 6) is -5.54. The molecule has 0 bridgehead atoms. The molecular weight excluding hydrogens is 273 g/mol. The van der Waals surface area contributed by atoms with E-state index in [1.807, 2.05) is 0 Å². The zero-order valence-electron chi connectivity index (χ0n) is 11.5. The van der Waals surface area contributed by atoms with Crippen LogP contribution in [-0.4, -0.2) is 18.2 Å². The SMILES string of the molecule is COc1ccc(C(F)(F)CC(C)(C)CC(=O)O)c(F)c1. The van der Waals surface area contributed by atoms with Crippen molar-refractivity contribution in [2.45, 2.75) is 32.6 Å². The second-order valence-corrected chi connectivity index (χ2v) is 5.46. The maximum Gasteiger partial charge on any atom is 0.303 e. The van der Waals surface area contributed by atoms with E-state index in [9.17, 15) is 18.0 Å². The zero-order valence-corrected chi connectivity index (χ0v) is 11.5. The van der Waals surface area contributed by atoms with E-state index in [4.69, 9.17) is 9.84 Å². The van der Waals surface area contributed by atoms with Crippen molar-refractivity contribution >= 4 is 5.97 Å². The number of ether oxygens (including phenoxy) is 1. The summed E-state index contributed by atoms with van der Waals surface area (Å²) in [6.45, 7) is 2.83. The largest absolute Gasteiger partial charge is 0.497 e. The summed E-state index contributed by atoms with van der Waals surface area (Å²) >= 11 is 0. The molecule has 0 unspecified atom stereocenters. The molecule has 0 atom stereocenters. The number of carbonyl (C=O) groups is 1. The Morgan fingerprint density at radius 2 is 1.95 bits per heavy atom. The molecule has 0 amide bonds. The number of hydrogen-bond acceptors (Lipinski definition) is 2. The highest BCUT2D eigenvalue weighted by atomic mass is 19.3. The molecule has 0 aliphatic rings. The first-order valence-corrected chi connectivity index (χ1v) is 6.01. The molecule has 6 heteroatoms. The number of carboxylic acids is 1. The van der Waals surface area contributed by atoms with E-state index in [1.165, 1.54) is 27.0 Å². The highest BCUT2D eigenvalue weighted by Crippen LogP contribution is 2.42. The number of benzene rings is 1. The van der Waals surface area contributed by atoms with E-state index in [0.29, 0.717) is 0 Å². The van der Waals surface area contributed by atoms with Gasteiger partial charge < -0.3 is 9.84 Å². The van der Waals surface area contributed by atoms with Crippen molar-refractivity contribution in [2.24, 2.45) is 5.41 Å². The molecule has 20 heavy (non-hydrogen) atoms. The van der Waals surface area contributed by atoms with Crippen LogP contribution in [0.2, 0.25) is 0 Å². The fourth-order valence-corrected chi connectivity index (χ4v) is 2.09. The van der Waals surface area contributed by atoms with Crippen LogP contribution in [0.15, 0.2) is 18.2 Å². The lowest BCUT2D eigenvalue weighted by atomic mass is 9.81. The van der Waals surface area contributed by atoms with E-state index in [-0.39, 0.29) is 5.75 Å². The zero-order chi connectivity index (χ0) is 15.6. The molecule has 0 radical (unpaired) electrons.